The van der Waals surface area contributed by atoms with E-state index in [4.69, 9.17) is 5.26 Å². The molecule has 2 rings (SSSR count). The average Bonchev–Trinajstić information content (AvgIpc) is 2.38. The van der Waals surface area contributed by atoms with Crippen molar-refractivity contribution < 1.29 is 4.79 Å². The van der Waals surface area contributed by atoms with Crippen molar-refractivity contribution in [3.63, 3.8) is 0 Å². The number of carbonyl (C=O) groups excluding carboxylic acids is 1. The summed E-state index contributed by atoms with van der Waals surface area (Å²) < 4.78 is 0. The third kappa shape index (κ3) is 2.89. The highest BCUT2D eigenvalue weighted by molar-refractivity contribution is 5.79. The number of hydrogen-bond acceptors (Lipinski definition) is 2. The number of aryl methyl sites for hydroxylation is 1. The molecule has 0 aromatic heterocycles. The first kappa shape index (κ1) is 12.6. The topological polar surface area (TPSA) is 44.1 Å². The van der Waals surface area contributed by atoms with Gasteiger partial charge in [0.1, 0.15) is 6.04 Å². The van der Waals surface area contributed by atoms with Crippen molar-refractivity contribution in [2.24, 2.45) is 0 Å². The zero-order valence-corrected chi connectivity index (χ0v) is 10.7. The van der Waals surface area contributed by atoms with E-state index in [1.165, 1.54) is 0 Å². The molecule has 1 aromatic rings. The molecule has 3 heteroatoms. The summed E-state index contributed by atoms with van der Waals surface area (Å²) in [4.78, 5) is 14.0. The Morgan fingerprint density at radius 3 is 3.06 bits per heavy atom. The molecule has 94 valence electrons. The Labute approximate surface area is 108 Å². The molecule has 1 amide bonds. The number of rotatable bonds is 2. The summed E-state index contributed by atoms with van der Waals surface area (Å²) in [6, 6.07) is 10.00. The normalized spacial score (nSPS) is 19.3. The van der Waals surface area contributed by atoms with E-state index in [1.807, 2.05) is 31.2 Å². The largest absolute Gasteiger partial charge is 0.326 e. The summed E-state index contributed by atoms with van der Waals surface area (Å²) in [5.74, 6) is 0.0758. The minimum Gasteiger partial charge on any atom is -0.326 e. The third-order valence-corrected chi connectivity index (χ3v) is 3.41. The lowest BCUT2D eigenvalue weighted by Gasteiger charge is -2.31. The van der Waals surface area contributed by atoms with Crippen LogP contribution in [-0.2, 0) is 11.2 Å². The maximum atomic E-state index is 12.2. The Hall–Kier alpha value is -1.82. The number of amides is 1. The van der Waals surface area contributed by atoms with Gasteiger partial charge in [-0.15, -0.1) is 0 Å². The van der Waals surface area contributed by atoms with E-state index < -0.39 is 0 Å². The van der Waals surface area contributed by atoms with Gasteiger partial charge in [-0.1, -0.05) is 29.8 Å². The van der Waals surface area contributed by atoms with Crippen molar-refractivity contribution in [3.8, 4) is 6.07 Å². The fourth-order valence-electron chi connectivity index (χ4n) is 2.46. The molecule has 0 radical (unpaired) electrons. The molecule has 1 aliphatic heterocycles. The first-order chi connectivity index (χ1) is 8.70. The lowest BCUT2D eigenvalue weighted by Crippen LogP contribution is -2.43. The molecule has 0 bridgehead atoms. The molecule has 18 heavy (non-hydrogen) atoms. The second kappa shape index (κ2) is 5.68. The standard InChI is InChI=1S/C15H18N2O/c1-12-5-4-6-13(9-12)10-15(18)17-8-3-2-7-14(17)11-16/h4-6,9,14H,2-3,7-8,10H2,1H3. The van der Waals surface area contributed by atoms with Crippen molar-refractivity contribution in [3.05, 3.63) is 35.4 Å². The van der Waals surface area contributed by atoms with E-state index in [0.29, 0.717) is 6.42 Å². The van der Waals surface area contributed by atoms with E-state index in [2.05, 4.69) is 6.07 Å². The minimum atomic E-state index is -0.226. The lowest BCUT2D eigenvalue weighted by molar-refractivity contribution is -0.132. The van der Waals surface area contributed by atoms with Crippen LogP contribution in [0.3, 0.4) is 0 Å². The lowest BCUT2D eigenvalue weighted by atomic mass is 10.0. The molecule has 1 aromatic carbocycles. The van der Waals surface area contributed by atoms with Gasteiger partial charge >= 0.3 is 0 Å². The molecule has 1 heterocycles. The van der Waals surface area contributed by atoms with Gasteiger partial charge < -0.3 is 4.90 Å². The smallest absolute Gasteiger partial charge is 0.228 e. The Kier molecular flexibility index (Phi) is 3.99. The number of nitrogens with zero attached hydrogens (tertiary/aromatic N) is 2. The van der Waals surface area contributed by atoms with Gasteiger partial charge in [-0.05, 0) is 31.7 Å². The molecule has 1 atom stereocenters. The summed E-state index contributed by atoms with van der Waals surface area (Å²) in [5.41, 5.74) is 2.19. The molecule has 0 aliphatic carbocycles. The summed E-state index contributed by atoms with van der Waals surface area (Å²) in [6.45, 7) is 2.75. The van der Waals surface area contributed by atoms with Crippen LogP contribution in [0.2, 0.25) is 0 Å². The van der Waals surface area contributed by atoms with Crippen LogP contribution in [0.1, 0.15) is 30.4 Å². The average molecular weight is 242 g/mol. The fraction of sp³-hybridized carbons (Fsp3) is 0.467. The summed E-state index contributed by atoms with van der Waals surface area (Å²) >= 11 is 0. The molecule has 1 fully saturated rings. The van der Waals surface area contributed by atoms with Crippen LogP contribution in [0.15, 0.2) is 24.3 Å². The first-order valence-electron chi connectivity index (χ1n) is 6.45. The predicted octanol–water partition coefficient (Wildman–Crippen LogP) is 2.44. The van der Waals surface area contributed by atoms with Gasteiger partial charge in [-0.25, -0.2) is 0 Å². The molecule has 0 N–H and O–H groups in total. The Morgan fingerprint density at radius 2 is 2.33 bits per heavy atom. The third-order valence-electron chi connectivity index (χ3n) is 3.41. The molecular formula is C15H18N2O. The van der Waals surface area contributed by atoms with Crippen LogP contribution in [-0.4, -0.2) is 23.4 Å². The second-order valence-electron chi connectivity index (χ2n) is 4.89. The molecule has 0 saturated carbocycles. The molecule has 3 nitrogen and oxygen atoms in total. The number of hydrogen-bond donors (Lipinski definition) is 0. The van der Waals surface area contributed by atoms with Gasteiger partial charge in [0, 0.05) is 6.54 Å². The Balaban J connectivity index is 2.05. The van der Waals surface area contributed by atoms with E-state index in [9.17, 15) is 4.79 Å². The van der Waals surface area contributed by atoms with Crippen molar-refractivity contribution in [1.29, 1.82) is 5.26 Å². The number of benzene rings is 1. The van der Waals surface area contributed by atoms with Gasteiger partial charge in [0.05, 0.1) is 12.5 Å². The zero-order valence-electron chi connectivity index (χ0n) is 10.7. The van der Waals surface area contributed by atoms with Crippen LogP contribution in [0.5, 0.6) is 0 Å². The maximum Gasteiger partial charge on any atom is 0.228 e. The Bertz CT molecular complexity index is 476. The first-order valence-corrected chi connectivity index (χ1v) is 6.45. The zero-order chi connectivity index (χ0) is 13.0. The summed E-state index contributed by atoms with van der Waals surface area (Å²) in [6.07, 6.45) is 3.28. The molecule has 1 aliphatic rings. The molecule has 1 saturated heterocycles. The van der Waals surface area contributed by atoms with Gasteiger partial charge in [0.15, 0.2) is 0 Å². The van der Waals surface area contributed by atoms with Gasteiger partial charge in [-0.3, -0.25) is 4.79 Å². The predicted molar refractivity (Wildman–Crippen MR) is 69.8 cm³/mol. The van der Waals surface area contributed by atoms with Crippen LogP contribution in [0, 0.1) is 18.3 Å². The molecule has 1 unspecified atom stereocenters. The maximum absolute atomic E-state index is 12.2. The highest BCUT2D eigenvalue weighted by Crippen LogP contribution is 2.18. The number of piperidine rings is 1. The molecule has 0 spiro atoms. The monoisotopic (exact) mass is 242 g/mol. The van der Waals surface area contributed by atoms with Crippen molar-refractivity contribution in [2.45, 2.75) is 38.6 Å². The summed E-state index contributed by atoms with van der Waals surface area (Å²) in [7, 11) is 0. The number of carbonyl (C=O) groups is 1. The van der Waals surface area contributed by atoms with Crippen LogP contribution in [0.4, 0.5) is 0 Å². The van der Waals surface area contributed by atoms with Gasteiger partial charge in [0.2, 0.25) is 5.91 Å². The van der Waals surface area contributed by atoms with Crippen molar-refractivity contribution in [2.75, 3.05) is 6.54 Å². The van der Waals surface area contributed by atoms with Gasteiger partial charge in [-0.2, -0.15) is 5.26 Å². The highest BCUT2D eigenvalue weighted by Gasteiger charge is 2.26. The number of nitriles is 1. The second-order valence-corrected chi connectivity index (χ2v) is 4.89. The fourth-order valence-corrected chi connectivity index (χ4v) is 2.46. The van der Waals surface area contributed by atoms with Gasteiger partial charge in [0.25, 0.3) is 0 Å². The summed E-state index contributed by atoms with van der Waals surface area (Å²) in [5, 5.41) is 9.08. The SMILES string of the molecule is Cc1cccc(CC(=O)N2CCCCC2C#N)c1. The van der Waals surface area contributed by atoms with Crippen molar-refractivity contribution >= 4 is 5.91 Å². The van der Waals surface area contributed by atoms with Crippen molar-refractivity contribution in [1.82, 2.24) is 4.90 Å². The van der Waals surface area contributed by atoms with E-state index in [-0.39, 0.29) is 11.9 Å². The van der Waals surface area contributed by atoms with Crippen LogP contribution in [0.25, 0.3) is 0 Å². The Morgan fingerprint density at radius 1 is 1.50 bits per heavy atom. The van der Waals surface area contributed by atoms with Crippen LogP contribution >= 0.6 is 0 Å². The van der Waals surface area contributed by atoms with E-state index >= 15 is 0 Å². The van der Waals surface area contributed by atoms with E-state index in [1.54, 1.807) is 4.90 Å². The van der Waals surface area contributed by atoms with E-state index in [0.717, 1.165) is 36.9 Å². The van der Waals surface area contributed by atoms with Crippen LogP contribution < -0.4 is 0 Å². The minimum absolute atomic E-state index is 0.0758. The quantitative estimate of drug-likeness (QED) is 0.799. The molecular weight excluding hydrogens is 224 g/mol. The number of likely N-dealkylation sites (tertiary alicyclic amines) is 1. The highest BCUT2D eigenvalue weighted by atomic mass is 16.2.